The highest BCUT2D eigenvalue weighted by atomic mass is 19.1. The molecule has 0 aliphatic heterocycles. The number of rotatable bonds is 3. The summed E-state index contributed by atoms with van der Waals surface area (Å²) in [5.74, 6) is -0.255. The molecule has 0 aromatic carbocycles. The van der Waals surface area contributed by atoms with E-state index in [-0.39, 0.29) is 11.9 Å². The lowest BCUT2D eigenvalue weighted by Crippen LogP contribution is -2.41. The summed E-state index contributed by atoms with van der Waals surface area (Å²) in [4.78, 5) is 15.5. The molecule has 18 heavy (non-hydrogen) atoms. The fraction of sp³-hybridized carbons (Fsp3) is 0.571. The van der Waals surface area contributed by atoms with Crippen LogP contribution in [0.4, 0.5) is 4.39 Å². The van der Waals surface area contributed by atoms with Crippen molar-refractivity contribution in [2.75, 3.05) is 0 Å². The van der Waals surface area contributed by atoms with E-state index in [9.17, 15) is 9.18 Å². The van der Waals surface area contributed by atoms with Gasteiger partial charge in [-0.25, -0.2) is 4.98 Å². The molecule has 0 spiro atoms. The van der Waals surface area contributed by atoms with Crippen molar-refractivity contribution in [3.63, 3.8) is 0 Å². The number of hydrogen-bond donors (Lipinski definition) is 1. The van der Waals surface area contributed by atoms with Crippen molar-refractivity contribution >= 4 is 5.91 Å². The molecule has 2 rings (SSSR count). The molecule has 1 aliphatic carbocycles. The Hall–Kier alpha value is -1.45. The molecule has 1 fully saturated rings. The van der Waals surface area contributed by atoms with E-state index in [0.717, 1.165) is 19.3 Å². The Morgan fingerprint density at radius 1 is 1.50 bits per heavy atom. The number of nitrogens with zero attached hydrogens (tertiary/aromatic N) is 1. The molecule has 0 bridgehead atoms. The smallest absolute Gasteiger partial charge is 0.251 e. The van der Waals surface area contributed by atoms with E-state index in [4.69, 9.17) is 0 Å². The first-order valence-corrected chi connectivity index (χ1v) is 6.63. The summed E-state index contributed by atoms with van der Waals surface area (Å²) in [6.45, 7) is 2.15. The van der Waals surface area contributed by atoms with Crippen LogP contribution in [-0.4, -0.2) is 16.9 Å². The maximum atomic E-state index is 13.0. The van der Waals surface area contributed by atoms with Gasteiger partial charge < -0.3 is 5.32 Å². The highest BCUT2D eigenvalue weighted by molar-refractivity contribution is 5.94. The van der Waals surface area contributed by atoms with Crippen LogP contribution in [0, 0.1) is 11.9 Å². The highest BCUT2D eigenvalue weighted by Gasteiger charge is 2.25. The van der Waals surface area contributed by atoms with Crippen molar-refractivity contribution in [3.05, 3.63) is 29.8 Å². The third kappa shape index (κ3) is 3.06. The largest absolute Gasteiger partial charge is 0.349 e. The molecule has 0 saturated heterocycles. The first-order valence-electron chi connectivity index (χ1n) is 6.63. The molecule has 1 heterocycles. The van der Waals surface area contributed by atoms with E-state index < -0.39 is 5.95 Å². The second-order valence-electron chi connectivity index (χ2n) is 4.90. The average molecular weight is 250 g/mol. The maximum Gasteiger partial charge on any atom is 0.251 e. The van der Waals surface area contributed by atoms with Crippen LogP contribution in [0.15, 0.2) is 18.3 Å². The fourth-order valence-electron chi connectivity index (χ4n) is 2.68. The minimum absolute atomic E-state index is 0.193. The van der Waals surface area contributed by atoms with Crippen LogP contribution in [0.1, 0.15) is 49.4 Å². The van der Waals surface area contributed by atoms with E-state index in [0.29, 0.717) is 11.5 Å². The predicted octanol–water partition coefficient (Wildman–Crippen LogP) is 2.92. The van der Waals surface area contributed by atoms with Gasteiger partial charge in [-0.3, -0.25) is 4.79 Å². The molecule has 3 nitrogen and oxygen atoms in total. The van der Waals surface area contributed by atoms with Gasteiger partial charge in [-0.2, -0.15) is 4.39 Å². The Bertz CT molecular complexity index is 422. The van der Waals surface area contributed by atoms with Gasteiger partial charge in [0.2, 0.25) is 5.95 Å². The molecule has 1 aromatic heterocycles. The third-order valence-electron chi connectivity index (χ3n) is 3.74. The number of carbonyl (C=O) groups is 1. The van der Waals surface area contributed by atoms with Crippen molar-refractivity contribution < 1.29 is 9.18 Å². The summed E-state index contributed by atoms with van der Waals surface area (Å²) in [6.07, 6.45) is 7.00. The molecule has 98 valence electrons. The van der Waals surface area contributed by atoms with Crippen LogP contribution in [0.25, 0.3) is 0 Å². The third-order valence-corrected chi connectivity index (χ3v) is 3.74. The lowest BCUT2D eigenvalue weighted by atomic mass is 9.83. The first kappa shape index (κ1) is 13.0. The number of nitrogens with one attached hydrogen (secondary N) is 1. The van der Waals surface area contributed by atoms with Crippen LogP contribution in [0.3, 0.4) is 0 Å². The summed E-state index contributed by atoms with van der Waals surface area (Å²) >= 11 is 0. The van der Waals surface area contributed by atoms with Crippen LogP contribution >= 0.6 is 0 Å². The van der Waals surface area contributed by atoms with Crippen LogP contribution in [0.2, 0.25) is 0 Å². The first-order chi connectivity index (χ1) is 8.70. The zero-order valence-corrected chi connectivity index (χ0v) is 10.7. The van der Waals surface area contributed by atoms with Gasteiger partial charge in [0.15, 0.2) is 0 Å². The van der Waals surface area contributed by atoms with Gasteiger partial charge in [0, 0.05) is 23.9 Å². The van der Waals surface area contributed by atoms with Gasteiger partial charge in [0.25, 0.3) is 5.91 Å². The Morgan fingerprint density at radius 3 is 3.00 bits per heavy atom. The maximum absolute atomic E-state index is 13.0. The Balaban J connectivity index is 2.02. The zero-order valence-electron chi connectivity index (χ0n) is 10.7. The van der Waals surface area contributed by atoms with Gasteiger partial charge in [-0.15, -0.1) is 0 Å². The molecule has 0 radical (unpaired) electrons. The lowest BCUT2D eigenvalue weighted by molar-refractivity contribution is 0.0904. The zero-order chi connectivity index (χ0) is 13.0. The SMILES string of the molecule is CC[C@@H]1CCCC[C@H]1NC(=O)c1ccnc(F)c1. The van der Waals surface area contributed by atoms with Crippen molar-refractivity contribution in [1.29, 1.82) is 0 Å². The van der Waals surface area contributed by atoms with Crippen LogP contribution in [-0.2, 0) is 0 Å². The standard InChI is InChI=1S/C14H19FN2O/c1-2-10-5-3-4-6-12(10)17-14(18)11-7-8-16-13(15)9-11/h7-10,12H,2-6H2,1H3,(H,17,18)/t10-,12-/m1/s1. The topological polar surface area (TPSA) is 42.0 Å². The number of pyridine rings is 1. The molecule has 1 saturated carbocycles. The minimum Gasteiger partial charge on any atom is -0.349 e. The lowest BCUT2D eigenvalue weighted by Gasteiger charge is -2.31. The molecular weight excluding hydrogens is 231 g/mol. The number of aromatic nitrogens is 1. The van der Waals surface area contributed by atoms with Gasteiger partial charge >= 0.3 is 0 Å². The molecular formula is C14H19FN2O. The van der Waals surface area contributed by atoms with Gasteiger partial charge in [0.1, 0.15) is 0 Å². The van der Waals surface area contributed by atoms with Crippen molar-refractivity contribution in [3.8, 4) is 0 Å². The second-order valence-corrected chi connectivity index (χ2v) is 4.90. The van der Waals surface area contributed by atoms with Crippen molar-refractivity contribution in [2.45, 2.75) is 45.1 Å². The molecule has 1 N–H and O–H groups in total. The van der Waals surface area contributed by atoms with Crippen LogP contribution in [0.5, 0.6) is 0 Å². The molecule has 4 heteroatoms. The molecule has 1 amide bonds. The fourth-order valence-corrected chi connectivity index (χ4v) is 2.68. The van der Waals surface area contributed by atoms with Gasteiger partial charge in [-0.05, 0) is 24.8 Å². The molecule has 1 aliphatic rings. The van der Waals surface area contributed by atoms with E-state index in [1.165, 1.54) is 25.1 Å². The highest BCUT2D eigenvalue weighted by Crippen LogP contribution is 2.26. The van der Waals surface area contributed by atoms with Gasteiger partial charge in [0.05, 0.1) is 0 Å². The number of hydrogen-bond acceptors (Lipinski definition) is 2. The number of carbonyl (C=O) groups excluding carboxylic acids is 1. The Kier molecular flexibility index (Phi) is 4.28. The van der Waals surface area contributed by atoms with Crippen LogP contribution < -0.4 is 5.32 Å². The average Bonchev–Trinajstić information content (AvgIpc) is 2.39. The summed E-state index contributed by atoms with van der Waals surface area (Å²) in [5, 5.41) is 3.03. The quantitative estimate of drug-likeness (QED) is 0.838. The van der Waals surface area contributed by atoms with E-state index >= 15 is 0 Å². The van der Waals surface area contributed by atoms with E-state index in [2.05, 4.69) is 17.2 Å². The Morgan fingerprint density at radius 2 is 2.28 bits per heavy atom. The summed E-state index contributed by atoms with van der Waals surface area (Å²) in [5.41, 5.74) is 0.350. The number of amides is 1. The normalized spacial score (nSPS) is 23.7. The summed E-state index contributed by atoms with van der Waals surface area (Å²) < 4.78 is 13.0. The predicted molar refractivity (Wildman–Crippen MR) is 67.7 cm³/mol. The number of halogens is 1. The molecule has 1 aromatic rings. The van der Waals surface area contributed by atoms with Crippen molar-refractivity contribution in [1.82, 2.24) is 10.3 Å². The Labute approximate surface area is 107 Å². The van der Waals surface area contributed by atoms with Crippen molar-refractivity contribution in [2.24, 2.45) is 5.92 Å². The summed E-state index contributed by atoms with van der Waals surface area (Å²) in [7, 11) is 0. The molecule has 2 atom stereocenters. The second kappa shape index (κ2) is 5.94. The molecule has 0 unspecified atom stereocenters. The monoisotopic (exact) mass is 250 g/mol. The van der Waals surface area contributed by atoms with Gasteiger partial charge in [-0.1, -0.05) is 26.2 Å². The van der Waals surface area contributed by atoms with E-state index in [1.54, 1.807) is 6.07 Å². The minimum atomic E-state index is -0.613. The summed E-state index contributed by atoms with van der Waals surface area (Å²) in [6, 6.07) is 2.95. The van der Waals surface area contributed by atoms with E-state index in [1.807, 2.05) is 0 Å².